The van der Waals surface area contributed by atoms with Gasteiger partial charge in [-0.1, -0.05) is 0 Å². The van der Waals surface area contributed by atoms with E-state index in [2.05, 4.69) is 0 Å². The lowest BCUT2D eigenvalue weighted by atomic mass is 9.54. The van der Waals surface area contributed by atoms with Crippen LogP contribution in [0, 0.1) is 5.41 Å². The third-order valence-electron chi connectivity index (χ3n) is 3.37. The summed E-state index contributed by atoms with van der Waals surface area (Å²) in [6.45, 7) is 0. The predicted molar refractivity (Wildman–Crippen MR) is 45.5 cm³/mol. The topological polar surface area (TPSA) is 43.4 Å². The minimum Gasteiger partial charge on any atom is -0.381 e. The molecule has 0 atom stereocenters. The molecular weight excluding hydrogens is 195 g/mol. The highest BCUT2D eigenvalue weighted by atomic mass is 32.3. The van der Waals surface area contributed by atoms with Crippen molar-refractivity contribution in [3.63, 3.8) is 0 Å². The summed E-state index contributed by atoms with van der Waals surface area (Å²) in [4.78, 5) is 0. The van der Waals surface area contributed by atoms with E-state index in [9.17, 15) is 12.3 Å². The van der Waals surface area contributed by atoms with Gasteiger partial charge in [-0.05, 0) is 31.1 Å². The summed E-state index contributed by atoms with van der Waals surface area (Å²) in [6, 6.07) is 0. The summed E-state index contributed by atoms with van der Waals surface area (Å²) < 4.78 is 38.5. The van der Waals surface area contributed by atoms with Crippen LogP contribution in [0.5, 0.6) is 0 Å². The second kappa shape index (κ2) is 2.67. The molecule has 0 aromatic heterocycles. The van der Waals surface area contributed by atoms with Crippen LogP contribution in [0.4, 0.5) is 3.89 Å². The first-order valence-electron chi connectivity index (χ1n) is 4.41. The fourth-order valence-electron chi connectivity index (χ4n) is 2.51. The van der Waals surface area contributed by atoms with Crippen molar-refractivity contribution in [2.45, 2.75) is 37.0 Å². The summed E-state index contributed by atoms with van der Waals surface area (Å²) >= 11 is 0. The summed E-state index contributed by atoms with van der Waals surface area (Å²) in [5, 5.41) is -0.731. The average molecular weight is 208 g/mol. The van der Waals surface area contributed by atoms with E-state index in [4.69, 9.17) is 4.74 Å². The first-order chi connectivity index (χ1) is 5.95. The third-order valence-corrected chi connectivity index (χ3v) is 4.50. The molecule has 1 spiro atoms. The van der Waals surface area contributed by atoms with Gasteiger partial charge < -0.3 is 4.74 Å². The first kappa shape index (κ1) is 9.40. The Kier molecular flexibility index (Phi) is 1.93. The van der Waals surface area contributed by atoms with E-state index in [1.807, 2.05) is 0 Å². The van der Waals surface area contributed by atoms with E-state index in [1.54, 1.807) is 7.11 Å². The van der Waals surface area contributed by atoms with Gasteiger partial charge in [-0.2, -0.15) is 8.42 Å². The van der Waals surface area contributed by atoms with Crippen LogP contribution in [0.25, 0.3) is 0 Å². The molecule has 3 nitrogen and oxygen atoms in total. The quantitative estimate of drug-likeness (QED) is 0.641. The fraction of sp³-hybridized carbons (Fsp3) is 1.00. The van der Waals surface area contributed by atoms with Gasteiger partial charge in [0.25, 0.3) is 0 Å². The standard InChI is InChI=1S/C8H13FO3S/c1-12-6-2-8(3-6)4-7(5-8)13(9,10)11/h6-7H,2-5H2,1H3. The van der Waals surface area contributed by atoms with Gasteiger partial charge in [0.05, 0.1) is 11.4 Å². The van der Waals surface area contributed by atoms with E-state index in [0.717, 1.165) is 12.8 Å². The van der Waals surface area contributed by atoms with Gasteiger partial charge in [-0.15, -0.1) is 3.89 Å². The van der Waals surface area contributed by atoms with Crippen LogP contribution >= 0.6 is 0 Å². The molecule has 2 rings (SSSR count). The van der Waals surface area contributed by atoms with Crippen molar-refractivity contribution in [3.05, 3.63) is 0 Å². The molecule has 0 bridgehead atoms. The zero-order valence-electron chi connectivity index (χ0n) is 7.49. The van der Waals surface area contributed by atoms with Crippen molar-refractivity contribution in [2.24, 2.45) is 5.41 Å². The van der Waals surface area contributed by atoms with Crippen molar-refractivity contribution >= 4 is 10.2 Å². The molecule has 2 fully saturated rings. The van der Waals surface area contributed by atoms with E-state index < -0.39 is 15.5 Å². The van der Waals surface area contributed by atoms with Crippen LogP contribution < -0.4 is 0 Å². The molecule has 0 N–H and O–H groups in total. The van der Waals surface area contributed by atoms with Gasteiger partial charge in [0.2, 0.25) is 0 Å². The van der Waals surface area contributed by atoms with E-state index in [-0.39, 0.29) is 11.5 Å². The Labute approximate surface area is 77.5 Å². The minimum atomic E-state index is -4.28. The van der Waals surface area contributed by atoms with E-state index in [0.29, 0.717) is 12.8 Å². The third kappa shape index (κ3) is 1.48. The van der Waals surface area contributed by atoms with Crippen molar-refractivity contribution < 1.29 is 17.0 Å². The minimum absolute atomic E-state index is 0.102. The zero-order valence-corrected chi connectivity index (χ0v) is 8.31. The van der Waals surface area contributed by atoms with Gasteiger partial charge in [-0.25, -0.2) is 0 Å². The number of halogens is 1. The maximum Gasteiger partial charge on any atom is 0.305 e. The Hall–Kier alpha value is -0.160. The molecule has 76 valence electrons. The summed E-state index contributed by atoms with van der Waals surface area (Å²) in [7, 11) is -2.63. The average Bonchev–Trinajstić information content (AvgIpc) is 1.78. The molecule has 0 heterocycles. The molecule has 0 aromatic carbocycles. The Morgan fingerprint density at radius 3 is 2.23 bits per heavy atom. The molecule has 0 radical (unpaired) electrons. The van der Waals surface area contributed by atoms with Gasteiger partial charge in [-0.3, -0.25) is 0 Å². The Morgan fingerprint density at radius 2 is 1.85 bits per heavy atom. The number of ether oxygens (including phenoxy) is 1. The number of hydrogen-bond acceptors (Lipinski definition) is 3. The molecule has 5 heteroatoms. The highest BCUT2D eigenvalue weighted by Gasteiger charge is 2.56. The smallest absolute Gasteiger partial charge is 0.305 e. The van der Waals surface area contributed by atoms with Crippen LogP contribution in [0.15, 0.2) is 0 Å². The lowest BCUT2D eigenvalue weighted by Gasteiger charge is -2.55. The van der Waals surface area contributed by atoms with E-state index in [1.165, 1.54) is 0 Å². The van der Waals surface area contributed by atoms with Crippen molar-refractivity contribution in [1.82, 2.24) is 0 Å². The van der Waals surface area contributed by atoms with Gasteiger partial charge in [0.15, 0.2) is 0 Å². The second-order valence-electron chi connectivity index (χ2n) is 4.27. The largest absolute Gasteiger partial charge is 0.381 e. The van der Waals surface area contributed by atoms with Crippen LogP contribution in [0.1, 0.15) is 25.7 Å². The van der Waals surface area contributed by atoms with Crippen LogP contribution in [0.2, 0.25) is 0 Å². The monoisotopic (exact) mass is 208 g/mol. The summed E-state index contributed by atoms with van der Waals surface area (Å²) in [5.74, 6) is 0. The maximum absolute atomic E-state index is 12.5. The molecule has 0 aromatic rings. The molecule has 2 aliphatic rings. The number of hydrogen-bond donors (Lipinski definition) is 0. The Balaban J connectivity index is 1.87. The zero-order chi connectivity index (χ0) is 9.69. The van der Waals surface area contributed by atoms with Crippen molar-refractivity contribution in [3.8, 4) is 0 Å². The Bertz CT molecular complexity index is 297. The van der Waals surface area contributed by atoms with Crippen molar-refractivity contribution in [2.75, 3.05) is 7.11 Å². The highest BCUT2D eigenvalue weighted by Crippen LogP contribution is 2.58. The molecule has 0 amide bonds. The first-order valence-corrected chi connectivity index (χ1v) is 5.86. The second-order valence-corrected chi connectivity index (χ2v) is 5.89. The van der Waals surface area contributed by atoms with Crippen LogP contribution in [-0.4, -0.2) is 26.9 Å². The molecule has 0 saturated heterocycles. The van der Waals surface area contributed by atoms with Gasteiger partial charge in [0, 0.05) is 7.11 Å². The number of methoxy groups -OCH3 is 1. The fourth-order valence-corrected chi connectivity index (χ4v) is 3.62. The number of rotatable bonds is 2. The molecule has 2 aliphatic carbocycles. The van der Waals surface area contributed by atoms with Gasteiger partial charge >= 0.3 is 10.2 Å². The molecule has 2 saturated carbocycles. The van der Waals surface area contributed by atoms with Crippen LogP contribution in [-0.2, 0) is 15.0 Å². The molecule has 0 aliphatic heterocycles. The normalized spacial score (nSPS) is 44.2. The van der Waals surface area contributed by atoms with E-state index >= 15 is 0 Å². The summed E-state index contributed by atoms with van der Waals surface area (Å²) in [5.41, 5.74) is 0.102. The van der Waals surface area contributed by atoms with Gasteiger partial charge in [0.1, 0.15) is 0 Å². The molecular formula is C8H13FO3S. The molecule has 0 unspecified atom stereocenters. The van der Waals surface area contributed by atoms with Crippen LogP contribution in [0.3, 0.4) is 0 Å². The summed E-state index contributed by atoms with van der Waals surface area (Å²) in [6.07, 6.45) is 3.05. The SMILES string of the molecule is COC1CC2(C1)CC(S(=O)(=O)F)C2. The van der Waals surface area contributed by atoms with Crippen molar-refractivity contribution in [1.29, 1.82) is 0 Å². The lowest BCUT2D eigenvalue weighted by Crippen LogP contribution is -2.54. The highest BCUT2D eigenvalue weighted by molar-refractivity contribution is 7.87. The lowest BCUT2D eigenvalue weighted by molar-refractivity contribution is -0.0987. The molecule has 13 heavy (non-hydrogen) atoms. The predicted octanol–water partition coefficient (Wildman–Crippen LogP) is 1.24. The maximum atomic E-state index is 12.5. The Morgan fingerprint density at radius 1 is 1.31 bits per heavy atom.